The third-order valence-electron chi connectivity index (χ3n) is 4.47. The van der Waals surface area contributed by atoms with E-state index in [0.29, 0.717) is 5.41 Å². The molecular weight excluding hydrogens is 220 g/mol. The minimum Gasteiger partial charge on any atom is -0.330 e. The molecule has 2 unspecified atom stereocenters. The van der Waals surface area contributed by atoms with Crippen molar-refractivity contribution in [2.75, 3.05) is 19.6 Å². The molecule has 2 heteroatoms. The molecule has 0 aliphatic heterocycles. The van der Waals surface area contributed by atoms with Crippen molar-refractivity contribution in [1.82, 2.24) is 4.90 Å². The molecule has 2 nitrogen and oxygen atoms in total. The molecule has 1 fully saturated rings. The molecule has 0 aromatic carbocycles. The maximum absolute atomic E-state index is 5.89. The molecule has 0 aromatic rings. The number of nitrogens with zero attached hydrogens (tertiary/aromatic N) is 1. The minimum absolute atomic E-state index is 0.237. The van der Waals surface area contributed by atoms with E-state index in [9.17, 15) is 0 Å². The van der Waals surface area contributed by atoms with Crippen LogP contribution >= 0.6 is 0 Å². The molecule has 0 amide bonds. The Morgan fingerprint density at radius 1 is 1.28 bits per heavy atom. The summed E-state index contributed by atoms with van der Waals surface area (Å²) in [6.07, 6.45) is 4.07. The van der Waals surface area contributed by atoms with Gasteiger partial charge in [-0.2, -0.15) is 0 Å². The van der Waals surface area contributed by atoms with Crippen LogP contribution in [-0.4, -0.2) is 30.6 Å². The molecule has 0 heterocycles. The summed E-state index contributed by atoms with van der Waals surface area (Å²) in [6, 6.07) is 0.750. The predicted octanol–water partition coefficient (Wildman–Crippen LogP) is 3.51. The average molecular weight is 254 g/mol. The molecule has 1 aliphatic carbocycles. The first-order chi connectivity index (χ1) is 8.19. The van der Waals surface area contributed by atoms with Gasteiger partial charge in [-0.05, 0) is 49.1 Å². The van der Waals surface area contributed by atoms with Gasteiger partial charge in [-0.15, -0.1) is 0 Å². The van der Waals surface area contributed by atoms with Gasteiger partial charge in [0, 0.05) is 12.6 Å². The molecule has 1 saturated carbocycles. The van der Waals surface area contributed by atoms with Crippen molar-refractivity contribution in [3.8, 4) is 0 Å². The van der Waals surface area contributed by atoms with Crippen LogP contribution < -0.4 is 5.73 Å². The summed E-state index contributed by atoms with van der Waals surface area (Å²) in [5.74, 6) is 0.855. The first kappa shape index (κ1) is 16.0. The standard InChI is InChI=1S/C16H34N2/c1-7-18(12-16(5,6)11-17)14-8-13(2)9-15(3,4)10-14/h13-14H,7-12,17H2,1-6H3. The number of rotatable bonds is 5. The highest BCUT2D eigenvalue weighted by atomic mass is 15.2. The van der Waals surface area contributed by atoms with Crippen LogP contribution in [0.3, 0.4) is 0 Å². The Morgan fingerprint density at radius 2 is 1.89 bits per heavy atom. The largest absolute Gasteiger partial charge is 0.330 e. The number of nitrogens with two attached hydrogens (primary N) is 1. The van der Waals surface area contributed by atoms with Crippen molar-refractivity contribution in [2.24, 2.45) is 22.5 Å². The van der Waals surface area contributed by atoms with E-state index >= 15 is 0 Å². The zero-order valence-corrected chi connectivity index (χ0v) is 13.4. The molecule has 0 bridgehead atoms. The Hall–Kier alpha value is -0.0800. The van der Waals surface area contributed by atoms with Crippen LogP contribution in [0.15, 0.2) is 0 Å². The Labute approximate surface area is 114 Å². The van der Waals surface area contributed by atoms with Crippen LogP contribution in [-0.2, 0) is 0 Å². The van der Waals surface area contributed by atoms with Crippen LogP contribution in [0.4, 0.5) is 0 Å². The Bertz CT molecular complexity index is 258. The molecule has 108 valence electrons. The molecule has 0 saturated heterocycles. The first-order valence-electron chi connectivity index (χ1n) is 7.63. The maximum atomic E-state index is 5.89. The quantitative estimate of drug-likeness (QED) is 0.813. The molecule has 18 heavy (non-hydrogen) atoms. The third kappa shape index (κ3) is 4.55. The zero-order chi connectivity index (χ0) is 14.0. The van der Waals surface area contributed by atoms with Gasteiger partial charge in [-0.3, -0.25) is 0 Å². The van der Waals surface area contributed by atoms with Crippen molar-refractivity contribution in [2.45, 2.75) is 66.8 Å². The molecule has 0 aromatic heterocycles. The molecule has 2 atom stereocenters. The minimum atomic E-state index is 0.237. The van der Waals surface area contributed by atoms with E-state index in [1.165, 1.54) is 19.3 Å². The fraction of sp³-hybridized carbons (Fsp3) is 1.00. The fourth-order valence-corrected chi connectivity index (χ4v) is 3.69. The van der Waals surface area contributed by atoms with Gasteiger partial charge in [0.05, 0.1) is 0 Å². The van der Waals surface area contributed by atoms with Crippen LogP contribution in [0.5, 0.6) is 0 Å². The molecule has 1 aliphatic rings. The van der Waals surface area contributed by atoms with E-state index in [2.05, 4.69) is 46.4 Å². The highest BCUT2D eigenvalue weighted by Crippen LogP contribution is 2.40. The second-order valence-corrected chi connectivity index (χ2v) is 8.00. The monoisotopic (exact) mass is 254 g/mol. The summed E-state index contributed by atoms with van der Waals surface area (Å²) in [5.41, 5.74) is 6.63. The summed E-state index contributed by atoms with van der Waals surface area (Å²) < 4.78 is 0. The fourth-order valence-electron chi connectivity index (χ4n) is 3.69. The lowest BCUT2D eigenvalue weighted by Gasteiger charge is -2.45. The van der Waals surface area contributed by atoms with Crippen molar-refractivity contribution in [1.29, 1.82) is 0 Å². The van der Waals surface area contributed by atoms with Crippen LogP contribution in [0.1, 0.15) is 60.8 Å². The van der Waals surface area contributed by atoms with Gasteiger partial charge in [0.25, 0.3) is 0 Å². The van der Waals surface area contributed by atoms with E-state index in [-0.39, 0.29) is 5.41 Å². The van der Waals surface area contributed by atoms with Gasteiger partial charge in [0.15, 0.2) is 0 Å². The van der Waals surface area contributed by atoms with Gasteiger partial charge in [0.2, 0.25) is 0 Å². The average Bonchev–Trinajstić information content (AvgIpc) is 2.23. The summed E-state index contributed by atoms with van der Waals surface area (Å²) in [4.78, 5) is 2.67. The van der Waals surface area contributed by atoms with E-state index in [1.54, 1.807) is 0 Å². The summed E-state index contributed by atoms with van der Waals surface area (Å²) in [7, 11) is 0. The third-order valence-corrected chi connectivity index (χ3v) is 4.47. The van der Waals surface area contributed by atoms with Crippen molar-refractivity contribution >= 4 is 0 Å². The van der Waals surface area contributed by atoms with Crippen LogP contribution in [0.25, 0.3) is 0 Å². The number of hydrogen-bond acceptors (Lipinski definition) is 2. The Kier molecular flexibility index (Phi) is 5.25. The van der Waals surface area contributed by atoms with E-state index < -0.39 is 0 Å². The Morgan fingerprint density at radius 3 is 2.33 bits per heavy atom. The lowest BCUT2D eigenvalue weighted by molar-refractivity contribution is 0.0481. The summed E-state index contributed by atoms with van der Waals surface area (Å²) in [6.45, 7) is 17.2. The second-order valence-electron chi connectivity index (χ2n) is 8.00. The van der Waals surface area contributed by atoms with Crippen LogP contribution in [0.2, 0.25) is 0 Å². The van der Waals surface area contributed by atoms with Gasteiger partial charge in [0.1, 0.15) is 0 Å². The lowest BCUT2D eigenvalue weighted by atomic mass is 9.70. The van der Waals surface area contributed by atoms with E-state index in [4.69, 9.17) is 5.73 Å². The lowest BCUT2D eigenvalue weighted by Crippen LogP contribution is -2.48. The topological polar surface area (TPSA) is 29.3 Å². The molecule has 2 N–H and O–H groups in total. The van der Waals surface area contributed by atoms with Gasteiger partial charge in [-0.25, -0.2) is 0 Å². The smallest absolute Gasteiger partial charge is 0.0103 e. The summed E-state index contributed by atoms with van der Waals surface area (Å²) >= 11 is 0. The highest BCUT2D eigenvalue weighted by Gasteiger charge is 2.35. The summed E-state index contributed by atoms with van der Waals surface area (Å²) in [5, 5.41) is 0. The van der Waals surface area contributed by atoms with Gasteiger partial charge >= 0.3 is 0 Å². The zero-order valence-electron chi connectivity index (χ0n) is 13.4. The molecule has 1 rings (SSSR count). The van der Waals surface area contributed by atoms with E-state index in [1.807, 2.05) is 0 Å². The van der Waals surface area contributed by atoms with Crippen molar-refractivity contribution in [3.63, 3.8) is 0 Å². The van der Waals surface area contributed by atoms with Crippen molar-refractivity contribution < 1.29 is 0 Å². The normalized spacial score (nSPS) is 28.7. The molecular formula is C16H34N2. The molecule has 0 spiro atoms. The van der Waals surface area contributed by atoms with Crippen LogP contribution in [0, 0.1) is 16.7 Å². The highest BCUT2D eigenvalue weighted by molar-refractivity contribution is 4.89. The first-order valence-corrected chi connectivity index (χ1v) is 7.63. The molecule has 0 radical (unpaired) electrons. The van der Waals surface area contributed by atoms with Crippen molar-refractivity contribution in [3.05, 3.63) is 0 Å². The van der Waals surface area contributed by atoms with Gasteiger partial charge < -0.3 is 10.6 Å². The number of hydrogen-bond donors (Lipinski definition) is 1. The van der Waals surface area contributed by atoms with Gasteiger partial charge in [-0.1, -0.05) is 41.5 Å². The predicted molar refractivity (Wildman–Crippen MR) is 80.7 cm³/mol. The Balaban J connectivity index is 2.70. The van der Waals surface area contributed by atoms with E-state index in [0.717, 1.165) is 31.6 Å². The SMILES string of the molecule is CCN(CC(C)(C)CN)C1CC(C)CC(C)(C)C1. The second kappa shape index (κ2) is 5.92. The maximum Gasteiger partial charge on any atom is 0.0103 e.